The topological polar surface area (TPSA) is 119 Å². The van der Waals surface area contributed by atoms with E-state index in [9.17, 15) is 19.5 Å². The van der Waals surface area contributed by atoms with Crippen LogP contribution in [0.2, 0.25) is 0 Å². The number of carbonyl (C=O) groups is 2. The van der Waals surface area contributed by atoms with Gasteiger partial charge in [-0.15, -0.1) is 0 Å². The van der Waals surface area contributed by atoms with Crippen LogP contribution >= 0.6 is 0 Å². The molecule has 120 valence electrons. The Morgan fingerprint density at radius 1 is 1.00 bits per heavy atom. The Morgan fingerprint density at radius 3 is 2.50 bits per heavy atom. The molecule has 24 heavy (non-hydrogen) atoms. The van der Waals surface area contributed by atoms with E-state index in [0.29, 0.717) is 10.9 Å². The quantitative estimate of drug-likeness (QED) is 0.551. The maximum absolute atomic E-state index is 12.3. The molecule has 0 aliphatic carbocycles. The first-order chi connectivity index (χ1) is 11.5. The first kappa shape index (κ1) is 15.3. The van der Waals surface area contributed by atoms with Crippen LogP contribution in [0.1, 0.15) is 20.7 Å². The number of carbonyl (C=O) groups excluding carboxylic acids is 1. The van der Waals surface area contributed by atoms with Crippen molar-refractivity contribution in [3.8, 4) is 5.75 Å². The molecule has 0 atom stereocenters. The van der Waals surface area contributed by atoms with E-state index in [-0.39, 0.29) is 16.8 Å². The molecule has 3 aromatic rings. The van der Waals surface area contributed by atoms with Crippen LogP contribution in [0.3, 0.4) is 0 Å². The van der Waals surface area contributed by atoms with Crippen molar-refractivity contribution in [3.63, 3.8) is 0 Å². The Labute approximate surface area is 135 Å². The number of hydrogen-bond acceptors (Lipinski definition) is 4. The molecule has 1 heterocycles. The van der Waals surface area contributed by atoms with Crippen molar-refractivity contribution < 1.29 is 19.8 Å². The van der Waals surface area contributed by atoms with Gasteiger partial charge in [-0.3, -0.25) is 9.59 Å². The number of H-pyrrole nitrogens is 1. The van der Waals surface area contributed by atoms with Crippen LogP contribution in [0, 0.1) is 0 Å². The smallest absolute Gasteiger partial charge is 0.339 e. The fourth-order valence-electron chi connectivity index (χ4n) is 2.30. The molecule has 0 saturated carbocycles. The first-order valence-electron chi connectivity index (χ1n) is 6.95. The van der Waals surface area contributed by atoms with Gasteiger partial charge in [-0.2, -0.15) is 0 Å². The molecule has 4 N–H and O–H groups in total. The molecule has 3 rings (SSSR count). The summed E-state index contributed by atoms with van der Waals surface area (Å²) >= 11 is 0. The van der Waals surface area contributed by atoms with E-state index in [4.69, 9.17) is 5.11 Å². The molecule has 1 amide bonds. The van der Waals surface area contributed by atoms with Gasteiger partial charge in [-0.05, 0) is 35.7 Å². The van der Waals surface area contributed by atoms with Crippen LogP contribution in [0.15, 0.2) is 53.3 Å². The van der Waals surface area contributed by atoms with Crippen molar-refractivity contribution in [2.45, 2.75) is 0 Å². The average molecular weight is 324 g/mol. The number of aromatic amines is 1. The third-order valence-electron chi connectivity index (χ3n) is 3.48. The number of aromatic hydroxyl groups is 1. The van der Waals surface area contributed by atoms with Crippen molar-refractivity contribution >= 4 is 28.5 Å². The standard InChI is InChI=1S/C17H12N2O5/c20-14-6-5-10(8-11(14)17(23)24)18-15(21)12-7-9-3-1-2-4-13(9)19-16(12)22/h1-8,20H,(H,18,21)(H,19,22)(H,23,24). The van der Waals surface area contributed by atoms with Gasteiger partial charge in [-0.25, -0.2) is 4.79 Å². The highest BCUT2D eigenvalue weighted by Crippen LogP contribution is 2.22. The highest BCUT2D eigenvalue weighted by molar-refractivity contribution is 6.06. The molecule has 0 saturated heterocycles. The number of carboxylic acid groups (broad SMARTS) is 1. The number of aromatic carboxylic acids is 1. The largest absolute Gasteiger partial charge is 0.507 e. The number of para-hydroxylation sites is 1. The number of fused-ring (bicyclic) bond motifs is 1. The number of carboxylic acids is 1. The number of anilines is 1. The lowest BCUT2D eigenvalue weighted by atomic mass is 10.1. The summed E-state index contributed by atoms with van der Waals surface area (Å²) in [5, 5.41) is 21.6. The molecule has 1 aromatic heterocycles. The lowest BCUT2D eigenvalue weighted by Gasteiger charge is -2.07. The van der Waals surface area contributed by atoms with Crippen LogP contribution < -0.4 is 10.9 Å². The van der Waals surface area contributed by atoms with E-state index in [1.54, 1.807) is 24.3 Å². The normalized spacial score (nSPS) is 10.5. The zero-order valence-electron chi connectivity index (χ0n) is 12.2. The fraction of sp³-hybridized carbons (Fsp3) is 0. The van der Waals surface area contributed by atoms with E-state index in [0.717, 1.165) is 12.1 Å². The van der Waals surface area contributed by atoms with Crippen LogP contribution in [0.25, 0.3) is 10.9 Å². The highest BCUT2D eigenvalue weighted by atomic mass is 16.4. The number of nitrogens with one attached hydrogen (secondary N) is 2. The Hall–Kier alpha value is -3.61. The summed E-state index contributed by atoms with van der Waals surface area (Å²) in [5.74, 6) is -2.42. The average Bonchev–Trinajstić information content (AvgIpc) is 2.55. The summed E-state index contributed by atoms with van der Waals surface area (Å²) in [4.78, 5) is 38.0. The molecule has 0 spiro atoms. The number of pyridine rings is 1. The van der Waals surface area contributed by atoms with Gasteiger partial charge in [0.2, 0.25) is 0 Å². The second-order valence-corrected chi connectivity index (χ2v) is 5.09. The monoisotopic (exact) mass is 324 g/mol. The second-order valence-electron chi connectivity index (χ2n) is 5.09. The van der Waals surface area contributed by atoms with E-state index < -0.39 is 23.2 Å². The van der Waals surface area contributed by atoms with Crippen molar-refractivity contribution in [2.75, 3.05) is 5.32 Å². The molecule has 0 aliphatic rings. The zero-order valence-corrected chi connectivity index (χ0v) is 12.2. The summed E-state index contributed by atoms with van der Waals surface area (Å²) < 4.78 is 0. The van der Waals surface area contributed by atoms with Gasteiger partial charge in [0, 0.05) is 11.2 Å². The van der Waals surface area contributed by atoms with Gasteiger partial charge in [-0.1, -0.05) is 18.2 Å². The van der Waals surface area contributed by atoms with E-state index in [1.165, 1.54) is 12.1 Å². The Balaban J connectivity index is 1.96. The molecule has 7 heteroatoms. The minimum atomic E-state index is -1.33. The number of amides is 1. The Morgan fingerprint density at radius 2 is 1.75 bits per heavy atom. The lowest BCUT2D eigenvalue weighted by molar-refractivity contribution is 0.0693. The maximum Gasteiger partial charge on any atom is 0.339 e. The van der Waals surface area contributed by atoms with E-state index >= 15 is 0 Å². The SMILES string of the molecule is O=C(O)c1cc(NC(=O)c2cc3ccccc3[nH]c2=O)ccc1O. The number of hydrogen-bond donors (Lipinski definition) is 4. The Kier molecular flexibility index (Phi) is 3.75. The van der Waals surface area contributed by atoms with Gasteiger partial charge >= 0.3 is 5.97 Å². The summed E-state index contributed by atoms with van der Waals surface area (Å²) in [6.45, 7) is 0. The van der Waals surface area contributed by atoms with Crippen LogP contribution in [0.5, 0.6) is 5.75 Å². The molecule has 0 unspecified atom stereocenters. The fourth-order valence-corrected chi connectivity index (χ4v) is 2.30. The number of aromatic nitrogens is 1. The molecule has 0 fully saturated rings. The summed E-state index contributed by atoms with van der Waals surface area (Å²) in [6.07, 6.45) is 0. The minimum absolute atomic E-state index is 0.0985. The summed E-state index contributed by atoms with van der Waals surface area (Å²) in [6, 6.07) is 12.1. The van der Waals surface area contributed by atoms with Crippen LogP contribution in [-0.2, 0) is 0 Å². The molecule has 0 bridgehead atoms. The summed E-state index contributed by atoms with van der Waals surface area (Å²) in [7, 11) is 0. The third kappa shape index (κ3) is 2.82. The predicted octanol–water partition coefficient (Wildman–Crippen LogP) is 2.18. The van der Waals surface area contributed by atoms with Crippen LogP contribution in [0.4, 0.5) is 5.69 Å². The molecule has 7 nitrogen and oxygen atoms in total. The third-order valence-corrected chi connectivity index (χ3v) is 3.48. The van der Waals surface area contributed by atoms with E-state index in [1.807, 2.05) is 0 Å². The molecule has 0 aliphatic heterocycles. The van der Waals surface area contributed by atoms with Gasteiger partial charge in [0.15, 0.2) is 0 Å². The lowest BCUT2D eigenvalue weighted by Crippen LogP contribution is -2.23. The van der Waals surface area contributed by atoms with Crippen LogP contribution in [-0.4, -0.2) is 27.1 Å². The van der Waals surface area contributed by atoms with Gasteiger partial charge in [0.05, 0.1) is 0 Å². The number of phenols is 1. The molecular formula is C17H12N2O5. The predicted molar refractivity (Wildman–Crippen MR) is 87.6 cm³/mol. The molecular weight excluding hydrogens is 312 g/mol. The minimum Gasteiger partial charge on any atom is -0.507 e. The maximum atomic E-state index is 12.3. The molecule has 0 radical (unpaired) electrons. The zero-order chi connectivity index (χ0) is 17.3. The van der Waals surface area contributed by atoms with Crippen molar-refractivity contribution in [3.05, 3.63) is 70.0 Å². The first-order valence-corrected chi connectivity index (χ1v) is 6.95. The van der Waals surface area contributed by atoms with Gasteiger partial charge in [0.25, 0.3) is 11.5 Å². The number of benzene rings is 2. The molecule has 2 aromatic carbocycles. The van der Waals surface area contributed by atoms with E-state index in [2.05, 4.69) is 10.3 Å². The van der Waals surface area contributed by atoms with Gasteiger partial charge < -0.3 is 20.5 Å². The van der Waals surface area contributed by atoms with Crippen molar-refractivity contribution in [2.24, 2.45) is 0 Å². The van der Waals surface area contributed by atoms with Crippen molar-refractivity contribution in [1.82, 2.24) is 4.98 Å². The van der Waals surface area contributed by atoms with Crippen molar-refractivity contribution in [1.29, 1.82) is 0 Å². The summed E-state index contributed by atoms with van der Waals surface area (Å²) in [5.41, 5.74) is -0.234. The highest BCUT2D eigenvalue weighted by Gasteiger charge is 2.15. The second kappa shape index (κ2) is 5.88. The Bertz CT molecular complexity index is 1020. The number of rotatable bonds is 3. The van der Waals surface area contributed by atoms with Gasteiger partial charge in [0.1, 0.15) is 16.9 Å².